The van der Waals surface area contributed by atoms with Gasteiger partial charge in [-0.25, -0.2) is 18.1 Å². The smallest absolute Gasteiger partial charge is 0.214 e. The topological polar surface area (TPSA) is 102 Å². The maximum Gasteiger partial charge on any atom is 0.214 e. The monoisotopic (exact) mass is 376 g/mol. The van der Waals surface area contributed by atoms with E-state index in [-0.39, 0.29) is 23.4 Å². The fourth-order valence-corrected chi connectivity index (χ4v) is 6.12. The molecule has 4 aliphatic rings. The SMILES string of the molecule is CC[C@@H]1C[C@H](NS(=O)(=O)C2CC2)C[C@@H]1C1=NNC2C=Nc3[nH]ccc3N12. The van der Waals surface area contributed by atoms with Gasteiger partial charge in [-0.2, -0.15) is 5.10 Å². The molecule has 2 fully saturated rings. The molecule has 0 bridgehead atoms. The average Bonchev–Trinajstić information content (AvgIpc) is 3.06. The Hall–Kier alpha value is -1.87. The van der Waals surface area contributed by atoms with Gasteiger partial charge in [0.25, 0.3) is 0 Å². The molecule has 1 aromatic heterocycles. The van der Waals surface area contributed by atoms with E-state index < -0.39 is 10.0 Å². The number of hydrogen-bond acceptors (Lipinski definition) is 6. The number of nitrogens with zero attached hydrogens (tertiary/aromatic N) is 3. The van der Waals surface area contributed by atoms with Crippen molar-refractivity contribution in [2.45, 2.75) is 56.5 Å². The van der Waals surface area contributed by atoms with Gasteiger partial charge in [0.15, 0.2) is 12.0 Å². The second kappa shape index (κ2) is 5.82. The van der Waals surface area contributed by atoms with E-state index in [4.69, 9.17) is 0 Å². The quantitative estimate of drug-likeness (QED) is 0.727. The summed E-state index contributed by atoms with van der Waals surface area (Å²) in [4.78, 5) is 9.79. The Balaban J connectivity index is 1.38. The van der Waals surface area contributed by atoms with E-state index in [0.717, 1.165) is 49.4 Å². The molecule has 5 rings (SSSR count). The Labute approximate surface area is 153 Å². The average molecular weight is 376 g/mol. The number of anilines is 1. The number of fused-ring (bicyclic) bond motifs is 3. The predicted molar refractivity (Wildman–Crippen MR) is 101 cm³/mol. The molecule has 0 aromatic carbocycles. The van der Waals surface area contributed by atoms with Crippen molar-refractivity contribution in [2.24, 2.45) is 21.9 Å². The summed E-state index contributed by atoms with van der Waals surface area (Å²) in [5.74, 6) is 2.50. The van der Waals surface area contributed by atoms with Gasteiger partial charge in [-0.15, -0.1) is 0 Å². The molecule has 1 aromatic rings. The third-order valence-electron chi connectivity index (χ3n) is 5.99. The lowest BCUT2D eigenvalue weighted by molar-refractivity contribution is 0.459. The van der Waals surface area contributed by atoms with Crippen molar-refractivity contribution >= 4 is 33.6 Å². The number of aromatic amines is 1. The van der Waals surface area contributed by atoms with Crippen molar-refractivity contribution in [3.8, 4) is 0 Å². The standard InChI is InChI=1S/C17H24N6O2S/c1-2-10-7-11(22-26(24,25)12-3-4-12)8-13(10)17-21-20-15-9-19-16-14(23(15)17)5-6-18-16/h5-6,9-13,15,18,20,22H,2-4,7-8H2,1H3/t10-,11+,13+,15?/m1/s1. The van der Waals surface area contributed by atoms with Crippen LogP contribution in [0.25, 0.3) is 0 Å². The van der Waals surface area contributed by atoms with Gasteiger partial charge in [-0.05, 0) is 37.7 Å². The van der Waals surface area contributed by atoms with Crippen LogP contribution in [-0.2, 0) is 10.0 Å². The molecule has 140 valence electrons. The Morgan fingerprint density at radius 1 is 1.35 bits per heavy atom. The Morgan fingerprint density at radius 2 is 2.19 bits per heavy atom. The first-order chi connectivity index (χ1) is 12.6. The van der Waals surface area contributed by atoms with Gasteiger partial charge in [0.05, 0.1) is 17.2 Å². The molecule has 2 aliphatic carbocycles. The Bertz CT molecular complexity index is 872. The van der Waals surface area contributed by atoms with Crippen LogP contribution in [0.15, 0.2) is 22.4 Å². The number of amidine groups is 1. The predicted octanol–water partition coefficient (Wildman–Crippen LogP) is 1.67. The lowest BCUT2D eigenvalue weighted by Crippen LogP contribution is -2.45. The highest BCUT2D eigenvalue weighted by Crippen LogP contribution is 2.42. The maximum absolute atomic E-state index is 12.3. The number of hydrogen-bond donors (Lipinski definition) is 3. The third-order valence-corrected chi connectivity index (χ3v) is 8.00. The van der Waals surface area contributed by atoms with Crippen LogP contribution in [0.4, 0.5) is 11.5 Å². The van der Waals surface area contributed by atoms with E-state index in [1.807, 2.05) is 18.5 Å². The van der Waals surface area contributed by atoms with Gasteiger partial charge in [0.1, 0.15) is 5.84 Å². The van der Waals surface area contributed by atoms with E-state index in [2.05, 4.69) is 37.0 Å². The molecular formula is C17H24N6O2S. The molecule has 8 nitrogen and oxygen atoms in total. The Kier molecular flexibility index (Phi) is 3.65. The van der Waals surface area contributed by atoms with Crippen LogP contribution < -0.4 is 15.0 Å². The van der Waals surface area contributed by atoms with Gasteiger partial charge in [0, 0.05) is 18.2 Å². The summed E-state index contributed by atoms with van der Waals surface area (Å²) in [7, 11) is -3.16. The number of H-pyrrole nitrogens is 1. The zero-order chi connectivity index (χ0) is 17.9. The molecule has 1 unspecified atom stereocenters. The van der Waals surface area contributed by atoms with E-state index in [9.17, 15) is 8.42 Å². The first-order valence-corrected chi connectivity index (χ1v) is 11.0. The van der Waals surface area contributed by atoms with Crippen LogP contribution in [0, 0.1) is 11.8 Å². The van der Waals surface area contributed by atoms with E-state index in [0.29, 0.717) is 5.92 Å². The molecule has 0 radical (unpaired) electrons. The van der Waals surface area contributed by atoms with Crippen LogP contribution >= 0.6 is 0 Å². The summed E-state index contributed by atoms with van der Waals surface area (Å²) >= 11 is 0. The van der Waals surface area contributed by atoms with Crippen LogP contribution in [-0.4, -0.2) is 42.9 Å². The van der Waals surface area contributed by atoms with Crippen molar-refractivity contribution in [1.29, 1.82) is 0 Å². The molecule has 0 spiro atoms. The first-order valence-electron chi connectivity index (χ1n) is 9.42. The summed E-state index contributed by atoms with van der Waals surface area (Å²) in [6.45, 7) is 2.18. The number of rotatable bonds is 5. The lowest BCUT2D eigenvalue weighted by Gasteiger charge is -2.30. The van der Waals surface area contributed by atoms with Crippen molar-refractivity contribution in [2.75, 3.05) is 4.90 Å². The molecule has 0 amide bonds. The van der Waals surface area contributed by atoms with Crippen molar-refractivity contribution in [3.63, 3.8) is 0 Å². The van der Waals surface area contributed by atoms with Crippen LogP contribution in [0.2, 0.25) is 0 Å². The van der Waals surface area contributed by atoms with Gasteiger partial charge < -0.3 is 4.98 Å². The molecule has 0 saturated heterocycles. The highest BCUT2D eigenvalue weighted by Gasteiger charge is 2.45. The summed E-state index contributed by atoms with van der Waals surface area (Å²) in [5.41, 5.74) is 4.19. The summed E-state index contributed by atoms with van der Waals surface area (Å²) in [6.07, 6.45) is 7.96. The van der Waals surface area contributed by atoms with Crippen molar-refractivity contribution in [1.82, 2.24) is 15.1 Å². The van der Waals surface area contributed by atoms with Gasteiger partial charge >= 0.3 is 0 Å². The second-order valence-corrected chi connectivity index (χ2v) is 9.70. The molecule has 3 N–H and O–H groups in total. The van der Waals surface area contributed by atoms with Crippen LogP contribution in [0.3, 0.4) is 0 Å². The minimum Gasteiger partial charge on any atom is -0.345 e. The fourth-order valence-electron chi connectivity index (χ4n) is 4.51. The largest absolute Gasteiger partial charge is 0.345 e. The van der Waals surface area contributed by atoms with Gasteiger partial charge in [-0.3, -0.25) is 10.3 Å². The highest BCUT2D eigenvalue weighted by atomic mass is 32.2. The second-order valence-electron chi connectivity index (χ2n) is 7.71. The third kappa shape index (κ3) is 2.56. The van der Waals surface area contributed by atoms with Gasteiger partial charge in [-0.1, -0.05) is 13.3 Å². The van der Waals surface area contributed by atoms with E-state index in [1.54, 1.807) is 0 Å². The fraction of sp³-hybridized carbons (Fsp3) is 0.647. The van der Waals surface area contributed by atoms with Crippen LogP contribution in [0.5, 0.6) is 0 Å². The molecule has 2 saturated carbocycles. The summed E-state index contributed by atoms with van der Waals surface area (Å²) in [5, 5.41) is 4.46. The number of hydrazone groups is 1. The van der Waals surface area contributed by atoms with E-state index in [1.165, 1.54) is 0 Å². The normalized spacial score (nSPS) is 33.0. The number of aromatic nitrogens is 1. The zero-order valence-corrected chi connectivity index (χ0v) is 15.5. The summed E-state index contributed by atoms with van der Waals surface area (Å²) < 4.78 is 27.7. The van der Waals surface area contributed by atoms with E-state index >= 15 is 0 Å². The van der Waals surface area contributed by atoms with Crippen molar-refractivity contribution in [3.05, 3.63) is 12.3 Å². The minimum atomic E-state index is -3.16. The molecule has 4 atom stereocenters. The van der Waals surface area contributed by atoms with Gasteiger partial charge in [0.2, 0.25) is 10.0 Å². The van der Waals surface area contributed by atoms with Crippen LogP contribution in [0.1, 0.15) is 39.0 Å². The minimum absolute atomic E-state index is 0.00135. The number of sulfonamides is 1. The molecular weight excluding hydrogens is 352 g/mol. The van der Waals surface area contributed by atoms with Crippen molar-refractivity contribution < 1.29 is 8.42 Å². The zero-order valence-electron chi connectivity index (χ0n) is 14.7. The highest BCUT2D eigenvalue weighted by molar-refractivity contribution is 7.90. The lowest BCUT2D eigenvalue weighted by atomic mass is 9.91. The molecule has 9 heteroatoms. The number of aliphatic imine (C=N–C) groups is 1. The molecule has 2 aliphatic heterocycles. The summed E-state index contributed by atoms with van der Waals surface area (Å²) in [6, 6.07) is 2.02. The molecule has 26 heavy (non-hydrogen) atoms. The Morgan fingerprint density at radius 3 is 2.96 bits per heavy atom. The molecule has 3 heterocycles. The maximum atomic E-state index is 12.3. The first kappa shape index (κ1) is 16.3. The number of nitrogens with one attached hydrogen (secondary N) is 3.